The highest BCUT2D eigenvalue weighted by Gasteiger charge is 2.35. The molecular formula is C16H21ClN2O4. The monoisotopic (exact) mass is 340 g/mol. The number of aliphatic hydroxyl groups excluding tert-OH is 1. The molecule has 6 nitrogen and oxygen atoms in total. The van der Waals surface area contributed by atoms with Gasteiger partial charge in [0.1, 0.15) is 11.8 Å². The van der Waals surface area contributed by atoms with E-state index in [0.29, 0.717) is 42.3 Å². The molecule has 2 amide bonds. The predicted octanol–water partition coefficient (Wildman–Crippen LogP) is 1.45. The molecule has 1 saturated heterocycles. The van der Waals surface area contributed by atoms with Crippen molar-refractivity contribution in [1.82, 2.24) is 10.2 Å². The first-order chi connectivity index (χ1) is 11.1. The highest BCUT2D eigenvalue weighted by atomic mass is 35.5. The van der Waals surface area contributed by atoms with Crippen molar-refractivity contribution in [1.29, 1.82) is 0 Å². The zero-order valence-corrected chi connectivity index (χ0v) is 13.8. The van der Waals surface area contributed by atoms with E-state index in [9.17, 15) is 9.59 Å². The Morgan fingerprint density at radius 1 is 1.48 bits per heavy atom. The number of likely N-dealkylation sites (tertiary alicyclic amines) is 1. The molecule has 0 radical (unpaired) electrons. The summed E-state index contributed by atoms with van der Waals surface area (Å²) in [4.78, 5) is 26.6. The first-order valence-electron chi connectivity index (χ1n) is 7.61. The van der Waals surface area contributed by atoms with Crippen LogP contribution >= 0.6 is 11.6 Å². The topological polar surface area (TPSA) is 78.9 Å². The van der Waals surface area contributed by atoms with E-state index in [-0.39, 0.29) is 18.4 Å². The van der Waals surface area contributed by atoms with Gasteiger partial charge in [-0.1, -0.05) is 11.6 Å². The van der Waals surface area contributed by atoms with Crippen LogP contribution in [0, 0.1) is 0 Å². The van der Waals surface area contributed by atoms with E-state index in [4.69, 9.17) is 21.4 Å². The molecule has 2 N–H and O–H groups in total. The third-order valence-electron chi connectivity index (χ3n) is 3.84. The third-order valence-corrected chi connectivity index (χ3v) is 4.08. The lowest BCUT2D eigenvalue weighted by Crippen LogP contribution is -2.46. The minimum absolute atomic E-state index is 0.0211. The number of hydrogen-bond acceptors (Lipinski definition) is 4. The smallest absolute Gasteiger partial charge is 0.258 e. The van der Waals surface area contributed by atoms with Crippen LogP contribution in [0.1, 0.15) is 29.6 Å². The highest BCUT2D eigenvalue weighted by Crippen LogP contribution is 2.27. The lowest BCUT2D eigenvalue weighted by atomic mass is 10.1. The summed E-state index contributed by atoms with van der Waals surface area (Å²) < 4.78 is 5.22. The first-order valence-corrected chi connectivity index (χ1v) is 7.99. The molecule has 7 heteroatoms. The molecule has 126 valence electrons. The number of halogens is 1. The summed E-state index contributed by atoms with van der Waals surface area (Å²) in [7, 11) is 1.49. The van der Waals surface area contributed by atoms with Gasteiger partial charge in [0.25, 0.3) is 5.91 Å². The average molecular weight is 341 g/mol. The Balaban J connectivity index is 2.14. The second kappa shape index (κ2) is 8.17. The van der Waals surface area contributed by atoms with Gasteiger partial charge in [-0.05, 0) is 37.5 Å². The maximum Gasteiger partial charge on any atom is 0.258 e. The Morgan fingerprint density at radius 2 is 2.26 bits per heavy atom. The Morgan fingerprint density at radius 3 is 2.96 bits per heavy atom. The molecule has 1 aliphatic rings. The summed E-state index contributed by atoms with van der Waals surface area (Å²) in [5.41, 5.74) is 0.357. The fraction of sp³-hybridized carbons (Fsp3) is 0.500. The summed E-state index contributed by atoms with van der Waals surface area (Å²) in [5.74, 6) is -0.0137. The van der Waals surface area contributed by atoms with Gasteiger partial charge in [-0.2, -0.15) is 0 Å². The number of rotatable bonds is 6. The number of methoxy groups -OCH3 is 1. The van der Waals surface area contributed by atoms with Crippen LogP contribution in [-0.4, -0.2) is 54.7 Å². The average Bonchev–Trinajstić information content (AvgIpc) is 3.04. The number of amides is 2. The number of aliphatic hydroxyl groups is 1. The molecule has 1 unspecified atom stereocenters. The number of ether oxygens (including phenoxy) is 1. The van der Waals surface area contributed by atoms with E-state index in [1.807, 2.05) is 0 Å². The van der Waals surface area contributed by atoms with Gasteiger partial charge in [0.15, 0.2) is 0 Å². The van der Waals surface area contributed by atoms with Crippen molar-refractivity contribution < 1.29 is 19.4 Å². The Labute approximate surface area is 140 Å². The predicted molar refractivity (Wildman–Crippen MR) is 86.8 cm³/mol. The number of carbonyl (C=O) groups is 2. The van der Waals surface area contributed by atoms with E-state index < -0.39 is 6.04 Å². The van der Waals surface area contributed by atoms with Crippen LogP contribution in [0.3, 0.4) is 0 Å². The molecule has 0 aromatic heterocycles. The summed E-state index contributed by atoms with van der Waals surface area (Å²) in [6, 6.07) is 4.36. The van der Waals surface area contributed by atoms with Crippen LogP contribution in [0.2, 0.25) is 5.02 Å². The van der Waals surface area contributed by atoms with Crippen molar-refractivity contribution in [3.8, 4) is 5.75 Å². The minimum Gasteiger partial charge on any atom is -0.496 e. The highest BCUT2D eigenvalue weighted by molar-refractivity contribution is 6.31. The molecule has 1 aromatic carbocycles. The molecule has 1 heterocycles. The quantitative estimate of drug-likeness (QED) is 0.768. The largest absolute Gasteiger partial charge is 0.496 e. The van der Waals surface area contributed by atoms with E-state index >= 15 is 0 Å². The lowest BCUT2D eigenvalue weighted by molar-refractivity contribution is -0.124. The van der Waals surface area contributed by atoms with Crippen molar-refractivity contribution in [2.75, 3.05) is 26.8 Å². The third kappa shape index (κ3) is 4.14. The number of nitrogens with zero attached hydrogens (tertiary/aromatic N) is 1. The molecular weight excluding hydrogens is 320 g/mol. The van der Waals surface area contributed by atoms with Crippen LogP contribution in [0.5, 0.6) is 5.75 Å². The van der Waals surface area contributed by atoms with Crippen molar-refractivity contribution in [2.45, 2.75) is 25.3 Å². The van der Waals surface area contributed by atoms with Crippen molar-refractivity contribution in [3.63, 3.8) is 0 Å². The molecule has 2 rings (SSSR count). The van der Waals surface area contributed by atoms with Gasteiger partial charge < -0.3 is 20.1 Å². The molecule has 0 bridgehead atoms. The molecule has 0 spiro atoms. The van der Waals surface area contributed by atoms with Crippen LogP contribution in [0.25, 0.3) is 0 Å². The molecule has 1 aromatic rings. The zero-order chi connectivity index (χ0) is 16.8. The number of benzene rings is 1. The lowest BCUT2D eigenvalue weighted by Gasteiger charge is -2.24. The van der Waals surface area contributed by atoms with Gasteiger partial charge >= 0.3 is 0 Å². The standard InChI is InChI=1S/C16H21ClN2O4/c1-23-14-6-5-11(17)10-12(14)16(22)19-8-2-4-13(19)15(21)18-7-3-9-20/h5-6,10,13,20H,2-4,7-9H2,1H3,(H,18,21). The van der Waals surface area contributed by atoms with Gasteiger partial charge in [-0.25, -0.2) is 0 Å². The second-order valence-electron chi connectivity index (χ2n) is 5.37. The summed E-state index contributed by atoms with van der Waals surface area (Å²) in [5, 5.41) is 12.0. The van der Waals surface area contributed by atoms with E-state index in [0.717, 1.165) is 6.42 Å². The number of hydrogen-bond donors (Lipinski definition) is 2. The summed E-state index contributed by atoms with van der Waals surface area (Å²) in [6.45, 7) is 0.939. The van der Waals surface area contributed by atoms with Crippen molar-refractivity contribution >= 4 is 23.4 Å². The van der Waals surface area contributed by atoms with Crippen LogP contribution in [0.4, 0.5) is 0 Å². The molecule has 0 aliphatic carbocycles. The van der Waals surface area contributed by atoms with Crippen molar-refractivity contribution in [2.24, 2.45) is 0 Å². The fourth-order valence-electron chi connectivity index (χ4n) is 2.69. The first kappa shape index (κ1) is 17.6. The number of carbonyl (C=O) groups excluding carboxylic acids is 2. The van der Waals surface area contributed by atoms with Gasteiger partial charge in [0.2, 0.25) is 5.91 Å². The molecule has 1 aliphatic heterocycles. The normalized spacial score (nSPS) is 17.2. The summed E-state index contributed by atoms with van der Waals surface area (Å²) in [6.07, 6.45) is 1.89. The van der Waals surface area contributed by atoms with E-state index in [1.54, 1.807) is 23.1 Å². The van der Waals surface area contributed by atoms with Gasteiger partial charge in [-0.3, -0.25) is 9.59 Å². The van der Waals surface area contributed by atoms with E-state index in [1.165, 1.54) is 7.11 Å². The maximum absolute atomic E-state index is 12.8. The Kier molecular flexibility index (Phi) is 6.24. The van der Waals surface area contributed by atoms with E-state index in [2.05, 4.69) is 5.32 Å². The summed E-state index contributed by atoms with van der Waals surface area (Å²) >= 11 is 5.98. The molecule has 23 heavy (non-hydrogen) atoms. The molecule has 1 atom stereocenters. The van der Waals surface area contributed by atoms with Gasteiger partial charge in [0, 0.05) is 24.7 Å². The fourth-order valence-corrected chi connectivity index (χ4v) is 2.86. The van der Waals surface area contributed by atoms with Crippen molar-refractivity contribution in [3.05, 3.63) is 28.8 Å². The van der Waals surface area contributed by atoms with Gasteiger partial charge in [-0.15, -0.1) is 0 Å². The SMILES string of the molecule is COc1ccc(Cl)cc1C(=O)N1CCCC1C(=O)NCCCO. The Bertz CT molecular complexity index is 579. The molecule has 1 fully saturated rings. The number of nitrogens with one attached hydrogen (secondary N) is 1. The Hall–Kier alpha value is -1.79. The maximum atomic E-state index is 12.8. The van der Waals surface area contributed by atoms with Gasteiger partial charge in [0.05, 0.1) is 12.7 Å². The molecule has 0 saturated carbocycles. The van der Waals surface area contributed by atoms with Crippen LogP contribution in [-0.2, 0) is 4.79 Å². The van der Waals surface area contributed by atoms with Crippen LogP contribution < -0.4 is 10.1 Å². The second-order valence-corrected chi connectivity index (χ2v) is 5.81. The zero-order valence-electron chi connectivity index (χ0n) is 13.0. The minimum atomic E-state index is -0.495. The van der Waals surface area contributed by atoms with Crippen LogP contribution in [0.15, 0.2) is 18.2 Å².